The van der Waals surface area contributed by atoms with Crippen LogP contribution in [0.3, 0.4) is 0 Å². The summed E-state index contributed by atoms with van der Waals surface area (Å²) in [6.45, 7) is 2.95. The van der Waals surface area contributed by atoms with Gasteiger partial charge in [-0.15, -0.1) is 0 Å². The molecule has 0 bridgehead atoms. The molecule has 0 spiro atoms. The summed E-state index contributed by atoms with van der Waals surface area (Å²) in [6.07, 6.45) is 4.53. The number of ether oxygens (including phenoxy) is 1. The van der Waals surface area contributed by atoms with Gasteiger partial charge < -0.3 is 10.1 Å². The number of nitriles is 2. The molecule has 1 aliphatic heterocycles. The molecule has 1 heterocycles. The van der Waals surface area contributed by atoms with Gasteiger partial charge in [0.25, 0.3) is 0 Å². The standard InChI is InChI=1S/C16H19N3O/c1-2-3-16-9-15(6-7-20-16)19-14-5-4-12(10-17)13(8-14)11-18/h4-5,8,15-16,19H,2-3,6-7,9H2,1H3. The Morgan fingerprint density at radius 2 is 2.10 bits per heavy atom. The van der Waals surface area contributed by atoms with E-state index in [1.807, 2.05) is 12.1 Å². The zero-order valence-electron chi connectivity index (χ0n) is 11.7. The summed E-state index contributed by atoms with van der Waals surface area (Å²) >= 11 is 0. The second-order valence-corrected chi connectivity index (χ2v) is 5.13. The molecular weight excluding hydrogens is 250 g/mol. The first-order valence-corrected chi connectivity index (χ1v) is 7.09. The van der Waals surface area contributed by atoms with Crippen molar-refractivity contribution in [3.8, 4) is 12.1 Å². The number of anilines is 1. The maximum Gasteiger partial charge on any atom is 0.101 e. The molecule has 1 fully saturated rings. The summed E-state index contributed by atoms with van der Waals surface area (Å²) in [7, 11) is 0. The van der Waals surface area contributed by atoms with E-state index in [1.165, 1.54) is 0 Å². The molecule has 0 radical (unpaired) electrons. The average Bonchev–Trinajstić information content (AvgIpc) is 2.48. The molecule has 2 atom stereocenters. The lowest BCUT2D eigenvalue weighted by Crippen LogP contribution is -2.34. The quantitative estimate of drug-likeness (QED) is 0.911. The van der Waals surface area contributed by atoms with Crippen molar-refractivity contribution in [2.75, 3.05) is 11.9 Å². The highest BCUT2D eigenvalue weighted by molar-refractivity contribution is 5.56. The first-order chi connectivity index (χ1) is 9.76. The van der Waals surface area contributed by atoms with E-state index < -0.39 is 0 Å². The van der Waals surface area contributed by atoms with Gasteiger partial charge in [0.2, 0.25) is 0 Å². The Morgan fingerprint density at radius 3 is 2.80 bits per heavy atom. The Hall–Kier alpha value is -2.04. The summed E-state index contributed by atoms with van der Waals surface area (Å²) in [5, 5.41) is 21.4. The third-order valence-corrected chi connectivity index (χ3v) is 3.61. The lowest BCUT2D eigenvalue weighted by atomic mass is 9.99. The molecule has 104 valence electrons. The number of benzene rings is 1. The molecule has 1 aliphatic rings. The van der Waals surface area contributed by atoms with Crippen LogP contribution in [0.15, 0.2) is 18.2 Å². The van der Waals surface area contributed by atoms with E-state index in [4.69, 9.17) is 15.3 Å². The molecule has 1 aromatic carbocycles. The molecule has 2 unspecified atom stereocenters. The molecule has 4 heteroatoms. The van der Waals surface area contributed by atoms with Crippen LogP contribution in [0.2, 0.25) is 0 Å². The van der Waals surface area contributed by atoms with Gasteiger partial charge in [0, 0.05) is 18.3 Å². The minimum atomic E-state index is 0.333. The van der Waals surface area contributed by atoms with Gasteiger partial charge in [0.1, 0.15) is 12.1 Å². The maximum atomic E-state index is 9.04. The fourth-order valence-electron chi connectivity index (χ4n) is 2.59. The van der Waals surface area contributed by atoms with Gasteiger partial charge in [-0.1, -0.05) is 13.3 Å². The first-order valence-electron chi connectivity index (χ1n) is 7.09. The predicted octanol–water partition coefficient (Wildman–Crippen LogP) is 3.19. The molecule has 0 amide bonds. The van der Waals surface area contributed by atoms with E-state index in [9.17, 15) is 0 Å². The van der Waals surface area contributed by atoms with Crippen LogP contribution >= 0.6 is 0 Å². The van der Waals surface area contributed by atoms with Gasteiger partial charge in [-0.25, -0.2) is 0 Å². The van der Waals surface area contributed by atoms with Crippen LogP contribution in [0.25, 0.3) is 0 Å². The number of nitrogens with one attached hydrogen (secondary N) is 1. The molecule has 0 saturated carbocycles. The highest BCUT2D eigenvalue weighted by Gasteiger charge is 2.21. The van der Waals surface area contributed by atoms with Crippen molar-refractivity contribution in [2.24, 2.45) is 0 Å². The molecule has 1 N–H and O–H groups in total. The van der Waals surface area contributed by atoms with Crippen molar-refractivity contribution < 1.29 is 4.74 Å². The van der Waals surface area contributed by atoms with E-state index in [-0.39, 0.29) is 0 Å². The first kappa shape index (κ1) is 14.4. The van der Waals surface area contributed by atoms with Gasteiger partial charge in [-0.05, 0) is 37.5 Å². The van der Waals surface area contributed by atoms with Crippen LogP contribution in [0.5, 0.6) is 0 Å². The lowest BCUT2D eigenvalue weighted by molar-refractivity contribution is 0.00598. The minimum Gasteiger partial charge on any atom is -0.382 e. The summed E-state index contributed by atoms with van der Waals surface area (Å²) < 4.78 is 5.73. The van der Waals surface area contributed by atoms with E-state index in [0.717, 1.165) is 38.0 Å². The SMILES string of the molecule is CCCC1CC(Nc2ccc(C#N)c(C#N)c2)CCO1. The van der Waals surface area contributed by atoms with Gasteiger partial charge in [0.15, 0.2) is 0 Å². The third kappa shape index (κ3) is 3.50. The van der Waals surface area contributed by atoms with Crippen molar-refractivity contribution in [3.05, 3.63) is 29.3 Å². The molecule has 0 aliphatic carbocycles. The lowest BCUT2D eigenvalue weighted by Gasteiger charge is -2.30. The maximum absolute atomic E-state index is 9.04. The van der Waals surface area contributed by atoms with Gasteiger partial charge >= 0.3 is 0 Å². The third-order valence-electron chi connectivity index (χ3n) is 3.61. The molecule has 0 aromatic heterocycles. The van der Waals surface area contributed by atoms with Crippen LogP contribution in [0, 0.1) is 22.7 Å². The fourth-order valence-corrected chi connectivity index (χ4v) is 2.59. The largest absolute Gasteiger partial charge is 0.382 e. The van der Waals surface area contributed by atoms with E-state index in [1.54, 1.807) is 12.1 Å². The van der Waals surface area contributed by atoms with Crippen molar-refractivity contribution in [3.63, 3.8) is 0 Å². The van der Waals surface area contributed by atoms with Crippen LogP contribution in [0.1, 0.15) is 43.7 Å². The number of hydrogen-bond donors (Lipinski definition) is 1. The number of hydrogen-bond acceptors (Lipinski definition) is 4. The molecular formula is C16H19N3O. The number of nitrogens with zero attached hydrogens (tertiary/aromatic N) is 2. The van der Waals surface area contributed by atoms with E-state index in [0.29, 0.717) is 23.3 Å². The molecule has 20 heavy (non-hydrogen) atoms. The van der Waals surface area contributed by atoms with Crippen LogP contribution in [0.4, 0.5) is 5.69 Å². The van der Waals surface area contributed by atoms with Crippen LogP contribution in [-0.4, -0.2) is 18.8 Å². The van der Waals surface area contributed by atoms with Gasteiger partial charge in [0.05, 0.1) is 17.2 Å². The summed E-state index contributed by atoms with van der Waals surface area (Å²) in [5.74, 6) is 0. The molecule has 1 aromatic rings. The summed E-state index contributed by atoms with van der Waals surface area (Å²) in [4.78, 5) is 0. The van der Waals surface area contributed by atoms with E-state index in [2.05, 4.69) is 18.3 Å². The molecule has 2 rings (SSSR count). The van der Waals surface area contributed by atoms with Crippen molar-refractivity contribution >= 4 is 5.69 Å². The summed E-state index contributed by atoms with van der Waals surface area (Å²) in [6, 6.07) is 9.79. The smallest absolute Gasteiger partial charge is 0.101 e. The topological polar surface area (TPSA) is 68.8 Å². The van der Waals surface area contributed by atoms with Crippen molar-refractivity contribution in [1.29, 1.82) is 10.5 Å². The Bertz CT molecular complexity index is 540. The monoisotopic (exact) mass is 269 g/mol. The highest BCUT2D eigenvalue weighted by Crippen LogP contribution is 2.22. The zero-order valence-corrected chi connectivity index (χ0v) is 11.7. The number of rotatable bonds is 4. The van der Waals surface area contributed by atoms with Crippen molar-refractivity contribution in [1.82, 2.24) is 0 Å². The normalized spacial score (nSPS) is 21.8. The molecule has 4 nitrogen and oxygen atoms in total. The second-order valence-electron chi connectivity index (χ2n) is 5.13. The minimum absolute atomic E-state index is 0.333. The molecule has 1 saturated heterocycles. The highest BCUT2D eigenvalue weighted by atomic mass is 16.5. The van der Waals surface area contributed by atoms with Crippen LogP contribution in [-0.2, 0) is 4.74 Å². The van der Waals surface area contributed by atoms with Gasteiger partial charge in [-0.3, -0.25) is 0 Å². The van der Waals surface area contributed by atoms with Gasteiger partial charge in [-0.2, -0.15) is 10.5 Å². The second kappa shape index (κ2) is 6.93. The fraction of sp³-hybridized carbons (Fsp3) is 0.500. The Morgan fingerprint density at radius 1 is 1.30 bits per heavy atom. The van der Waals surface area contributed by atoms with E-state index >= 15 is 0 Å². The zero-order chi connectivity index (χ0) is 14.4. The Balaban J connectivity index is 2.03. The Labute approximate surface area is 120 Å². The van der Waals surface area contributed by atoms with Crippen molar-refractivity contribution in [2.45, 2.75) is 44.8 Å². The predicted molar refractivity (Wildman–Crippen MR) is 77.2 cm³/mol. The van der Waals surface area contributed by atoms with Crippen LogP contribution < -0.4 is 5.32 Å². The summed E-state index contributed by atoms with van der Waals surface area (Å²) in [5.41, 5.74) is 1.76. The average molecular weight is 269 g/mol. The Kier molecular flexibility index (Phi) is 4.98.